The third kappa shape index (κ3) is 4.45. The third-order valence-corrected chi connectivity index (χ3v) is 2.48. The van der Waals surface area contributed by atoms with E-state index in [-0.39, 0.29) is 11.9 Å². The minimum absolute atomic E-state index is 0.0476. The van der Waals surface area contributed by atoms with E-state index in [9.17, 15) is 4.79 Å². The van der Waals surface area contributed by atoms with E-state index in [0.717, 1.165) is 18.5 Å². The number of carbonyl (C=O) groups excluding carboxylic acids is 1. The van der Waals surface area contributed by atoms with E-state index in [1.165, 1.54) is 0 Å². The molecular weight excluding hydrogens is 200 g/mol. The Morgan fingerprint density at radius 3 is 2.69 bits per heavy atom. The summed E-state index contributed by atoms with van der Waals surface area (Å²) in [7, 11) is 0. The Labute approximate surface area is 97.0 Å². The largest absolute Gasteiger partial charge is 0.356 e. The van der Waals surface area contributed by atoms with Crippen LogP contribution in [0.15, 0.2) is 30.3 Å². The van der Waals surface area contributed by atoms with Crippen molar-refractivity contribution < 1.29 is 4.79 Å². The first kappa shape index (κ1) is 12.7. The quantitative estimate of drug-likeness (QED) is 0.770. The van der Waals surface area contributed by atoms with Gasteiger partial charge in [0.05, 0.1) is 0 Å². The number of nitrogens with two attached hydrogens (primary N) is 1. The second-order valence-corrected chi connectivity index (χ2v) is 3.91. The highest BCUT2D eigenvalue weighted by Gasteiger charge is 2.07. The van der Waals surface area contributed by atoms with Crippen molar-refractivity contribution in [3.63, 3.8) is 0 Å². The molecule has 1 aromatic carbocycles. The molecule has 0 saturated heterocycles. The molecule has 1 rings (SSSR count). The van der Waals surface area contributed by atoms with Gasteiger partial charge in [0.2, 0.25) is 5.91 Å². The van der Waals surface area contributed by atoms with Crippen LogP contribution in [0.1, 0.15) is 37.8 Å². The smallest absolute Gasteiger partial charge is 0.220 e. The van der Waals surface area contributed by atoms with Gasteiger partial charge in [-0.2, -0.15) is 0 Å². The minimum atomic E-state index is -0.0476. The fraction of sp³-hybridized carbons (Fsp3) is 0.462. The Bertz CT molecular complexity index is 311. The molecular formula is C13H20N2O. The highest BCUT2D eigenvalue weighted by Crippen LogP contribution is 2.14. The number of carbonyl (C=O) groups is 1. The van der Waals surface area contributed by atoms with Crippen LogP contribution in [0, 0.1) is 0 Å². The van der Waals surface area contributed by atoms with Gasteiger partial charge in [0.25, 0.3) is 0 Å². The molecule has 1 amide bonds. The van der Waals surface area contributed by atoms with E-state index in [0.29, 0.717) is 12.8 Å². The molecule has 1 unspecified atom stereocenters. The molecule has 88 valence electrons. The van der Waals surface area contributed by atoms with Crippen LogP contribution in [0.25, 0.3) is 0 Å². The lowest BCUT2D eigenvalue weighted by atomic mass is 10.0. The second kappa shape index (κ2) is 7.01. The van der Waals surface area contributed by atoms with Gasteiger partial charge in [0.15, 0.2) is 0 Å². The molecule has 0 aliphatic heterocycles. The van der Waals surface area contributed by atoms with E-state index in [1.54, 1.807) is 0 Å². The van der Waals surface area contributed by atoms with Gasteiger partial charge in [-0.15, -0.1) is 0 Å². The molecule has 0 spiro atoms. The summed E-state index contributed by atoms with van der Waals surface area (Å²) in [4.78, 5) is 11.4. The van der Waals surface area contributed by atoms with Gasteiger partial charge in [-0.05, 0) is 18.4 Å². The van der Waals surface area contributed by atoms with Crippen LogP contribution in [0.4, 0.5) is 0 Å². The predicted molar refractivity (Wildman–Crippen MR) is 65.9 cm³/mol. The van der Waals surface area contributed by atoms with Gasteiger partial charge in [0, 0.05) is 19.0 Å². The van der Waals surface area contributed by atoms with Gasteiger partial charge < -0.3 is 11.1 Å². The Balaban J connectivity index is 2.30. The third-order valence-electron chi connectivity index (χ3n) is 2.48. The Kier molecular flexibility index (Phi) is 5.57. The summed E-state index contributed by atoms with van der Waals surface area (Å²) in [5.74, 6) is 0.0910. The highest BCUT2D eigenvalue weighted by atomic mass is 16.1. The van der Waals surface area contributed by atoms with Crippen molar-refractivity contribution in [2.75, 3.05) is 6.54 Å². The number of nitrogens with one attached hydrogen (secondary N) is 1. The molecule has 0 aliphatic rings. The van der Waals surface area contributed by atoms with Gasteiger partial charge in [-0.1, -0.05) is 37.3 Å². The Hall–Kier alpha value is -1.35. The van der Waals surface area contributed by atoms with Crippen LogP contribution in [0.2, 0.25) is 0 Å². The van der Waals surface area contributed by atoms with Crippen molar-refractivity contribution >= 4 is 5.91 Å². The molecule has 0 fully saturated rings. The lowest BCUT2D eigenvalue weighted by Gasteiger charge is -2.11. The van der Waals surface area contributed by atoms with Crippen molar-refractivity contribution in [2.45, 2.75) is 32.2 Å². The molecule has 0 aromatic heterocycles. The van der Waals surface area contributed by atoms with Crippen molar-refractivity contribution in [1.29, 1.82) is 0 Å². The molecule has 0 radical (unpaired) electrons. The van der Waals surface area contributed by atoms with E-state index >= 15 is 0 Å². The second-order valence-electron chi connectivity index (χ2n) is 3.91. The van der Waals surface area contributed by atoms with Crippen molar-refractivity contribution in [3.05, 3.63) is 35.9 Å². The van der Waals surface area contributed by atoms with E-state index in [4.69, 9.17) is 5.73 Å². The number of benzene rings is 1. The first-order valence-electron chi connectivity index (χ1n) is 5.81. The number of rotatable bonds is 6. The summed E-state index contributed by atoms with van der Waals surface area (Å²) < 4.78 is 0. The summed E-state index contributed by atoms with van der Waals surface area (Å²) in [6, 6.07) is 9.83. The van der Waals surface area contributed by atoms with E-state index in [2.05, 4.69) is 5.32 Å². The first-order valence-corrected chi connectivity index (χ1v) is 5.81. The van der Waals surface area contributed by atoms with Gasteiger partial charge in [-0.3, -0.25) is 4.79 Å². The van der Waals surface area contributed by atoms with Crippen molar-refractivity contribution in [2.24, 2.45) is 5.73 Å². The SMILES string of the molecule is CCCNC(=O)CCC(N)c1ccccc1. The summed E-state index contributed by atoms with van der Waals surface area (Å²) in [5.41, 5.74) is 7.08. The standard InChI is InChI=1S/C13H20N2O/c1-2-10-15-13(16)9-8-12(14)11-6-4-3-5-7-11/h3-7,12H,2,8-10,14H2,1H3,(H,15,16). The lowest BCUT2D eigenvalue weighted by Crippen LogP contribution is -2.25. The minimum Gasteiger partial charge on any atom is -0.356 e. The molecule has 0 bridgehead atoms. The summed E-state index contributed by atoms with van der Waals surface area (Å²) >= 11 is 0. The maximum absolute atomic E-state index is 11.4. The predicted octanol–water partition coefficient (Wildman–Crippen LogP) is 1.99. The summed E-state index contributed by atoms with van der Waals surface area (Å²) in [6.07, 6.45) is 2.16. The average Bonchev–Trinajstić information content (AvgIpc) is 2.34. The topological polar surface area (TPSA) is 55.1 Å². The molecule has 3 nitrogen and oxygen atoms in total. The van der Waals surface area contributed by atoms with Crippen LogP contribution < -0.4 is 11.1 Å². The van der Waals surface area contributed by atoms with Crippen molar-refractivity contribution in [3.8, 4) is 0 Å². The number of hydrogen-bond donors (Lipinski definition) is 2. The molecule has 0 saturated carbocycles. The van der Waals surface area contributed by atoms with Crippen LogP contribution in [-0.4, -0.2) is 12.5 Å². The Morgan fingerprint density at radius 1 is 1.38 bits per heavy atom. The van der Waals surface area contributed by atoms with Crippen LogP contribution in [0.3, 0.4) is 0 Å². The maximum atomic E-state index is 11.4. The number of hydrogen-bond acceptors (Lipinski definition) is 2. The van der Waals surface area contributed by atoms with Gasteiger partial charge in [0.1, 0.15) is 0 Å². The van der Waals surface area contributed by atoms with Crippen molar-refractivity contribution in [1.82, 2.24) is 5.32 Å². The van der Waals surface area contributed by atoms with Gasteiger partial charge >= 0.3 is 0 Å². The highest BCUT2D eigenvalue weighted by molar-refractivity contribution is 5.75. The average molecular weight is 220 g/mol. The zero-order chi connectivity index (χ0) is 11.8. The van der Waals surface area contributed by atoms with Gasteiger partial charge in [-0.25, -0.2) is 0 Å². The lowest BCUT2D eigenvalue weighted by molar-refractivity contribution is -0.121. The molecule has 1 atom stereocenters. The fourth-order valence-corrected chi connectivity index (χ4v) is 1.51. The molecule has 0 aliphatic carbocycles. The monoisotopic (exact) mass is 220 g/mol. The fourth-order valence-electron chi connectivity index (χ4n) is 1.51. The maximum Gasteiger partial charge on any atom is 0.220 e. The van der Waals surface area contributed by atoms with E-state index in [1.807, 2.05) is 37.3 Å². The molecule has 0 heterocycles. The molecule has 3 N–H and O–H groups in total. The molecule has 16 heavy (non-hydrogen) atoms. The summed E-state index contributed by atoms with van der Waals surface area (Å²) in [5, 5.41) is 2.84. The number of amides is 1. The van der Waals surface area contributed by atoms with Crippen LogP contribution in [-0.2, 0) is 4.79 Å². The molecule has 3 heteroatoms. The normalized spacial score (nSPS) is 12.1. The zero-order valence-corrected chi connectivity index (χ0v) is 9.78. The van der Waals surface area contributed by atoms with Crippen LogP contribution >= 0.6 is 0 Å². The Morgan fingerprint density at radius 2 is 2.06 bits per heavy atom. The molecule has 1 aromatic rings. The summed E-state index contributed by atoms with van der Waals surface area (Å²) in [6.45, 7) is 2.79. The van der Waals surface area contributed by atoms with Crippen LogP contribution in [0.5, 0.6) is 0 Å². The zero-order valence-electron chi connectivity index (χ0n) is 9.78. The van der Waals surface area contributed by atoms with E-state index < -0.39 is 0 Å². The first-order chi connectivity index (χ1) is 7.74.